The molecule has 1 aliphatic carbocycles. The quantitative estimate of drug-likeness (QED) is 0.685. The summed E-state index contributed by atoms with van der Waals surface area (Å²) in [6.45, 7) is 0.818. The Labute approximate surface area is 94.9 Å². The Hall–Kier alpha value is -1.12. The maximum atomic E-state index is 12.0. The number of hydrogen-bond acceptors (Lipinski definition) is 4. The Morgan fingerprint density at radius 2 is 2.38 bits per heavy atom. The maximum Gasteiger partial charge on any atom is 0.242 e. The molecule has 5 nitrogen and oxygen atoms in total. The van der Waals surface area contributed by atoms with Crippen LogP contribution in [0, 0.1) is 17.2 Å². The largest absolute Gasteiger partial charge is 0.379 e. The lowest BCUT2D eigenvalue weighted by Gasteiger charge is -2.24. The zero-order valence-electron chi connectivity index (χ0n) is 9.24. The van der Waals surface area contributed by atoms with Crippen molar-refractivity contribution in [3.8, 4) is 6.07 Å². The predicted octanol–water partition coefficient (Wildman–Crippen LogP) is -0.0873. The zero-order valence-corrected chi connectivity index (χ0v) is 9.24. The molecule has 16 heavy (non-hydrogen) atoms. The first-order valence-electron chi connectivity index (χ1n) is 5.73. The van der Waals surface area contributed by atoms with Crippen molar-refractivity contribution in [3.63, 3.8) is 0 Å². The SMILES string of the molecule is N#CC1CCCC1NC(=O)C1(N)CCOC1. The maximum absolute atomic E-state index is 12.0. The molecule has 0 bridgehead atoms. The minimum atomic E-state index is -0.886. The van der Waals surface area contributed by atoms with E-state index in [4.69, 9.17) is 15.7 Å². The summed E-state index contributed by atoms with van der Waals surface area (Å²) in [5.74, 6) is -0.230. The molecule has 3 N–H and O–H groups in total. The van der Waals surface area contributed by atoms with Gasteiger partial charge in [-0.2, -0.15) is 5.26 Å². The van der Waals surface area contributed by atoms with Crippen LogP contribution in [0.4, 0.5) is 0 Å². The fraction of sp³-hybridized carbons (Fsp3) is 0.818. The summed E-state index contributed by atoms with van der Waals surface area (Å²) in [5.41, 5.74) is 5.06. The molecular weight excluding hydrogens is 206 g/mol. The highest BCUT2D eigenvalue weighted by atomic mass is 16.5. The molecule has 3 atom stereocenters. The van der Waals surface area contributed by atoms with Crippen molar-refractivity contribution in [1.82, 2.24) is 5.32 Å². The van der Waals surface area contributed by atoms with Crippen LogP contribution in [0.2, 0.25) is 0 Å². The summed E-state index contributed by atoms with van der Waals surface area (Å²) >= 11 is 0. The number of hydrogen-bond donors (Lipinski definition) is 2. The molecule has 0 aromatic heterocycles. The highest BCUT2D eigenvalue weighted by molar-refractivity contribution is 5.86. The van der Waals surface area contributed by atoms with Crippen LogP contribution >= 0.6 is 0 Å². The van der Waals surface area contributed by atoms with Crippen molar-refractivity contribution in [2.75, 3.05) is 13.2 Å². The van der Waals surface area contributed by atoms with Crippen molar-refractivity contribution in [2.24, 2.45) is 11.7 Å². The molecule has 0 spiro atoms. The summed E-state index contributed by atoms with van der Waals surface area (Å²) < 4.78 is 5.15. The van der Waals surface area contributed by atoms with Gasteiger partial charge >= 0.3 is 0 Å². The van der Waals surface area contributed by atoms with E-state index in [1.54, 1.807) is 0 Å². The fourth-order valence-electron chi connectivity index (χ4n) is 2.36. The number of nitrogens with two attached hydrogens (primary N) is 1. The van der Waals surface area contributed by atoms with Crippen molar-refractivity contribution >= 4 is 5.91 Å². The van der Waals surface area contributed by atoms with Gasteiger partial charge < -0.3 is 15.8 Å². The first-order valence-corrected chi connectivity index (χ1v) is 5.73. The van der Waals surface area contributed by atoms with Gasteiger partial charge in [0.1, 0.15) is 5.54 Å². The smallest absolute Gasteiger partial charge is 0.242 e. The van der Waals surface area contributed by atoms with Gasteiger partial charge in [0.2, 0.25) is 5.91 Å². The molecular formula is C11H17N3O2. The topological polar surface area (TPSA) is 88.1 Å². The van der Waals surface area contributed by atoms with E-state index >= 15 is 0 Å². The molecule has 0 aromatic carbocycles. The summed E-state index contributed by atoms with van der Waals surface area (Å²) in [6.07, 6.45) is 3.30. The predicted molar refractivity (Wildman–Crippen MR) is 57.2 cm³/mol. The number of amides is 1. The van der Waals surface area contributed by atoms with E-state index in [0.717, 1.165) is 19.3 Å². The highest BCUT2D eigenvalue weighted by Crippen LogP contribution is 2.26. The van der Waals surface area contributed by atoms with Crippen LogP contribution in [0.15, 0.2) is 0 Å². The molecule has 1 aliphatic heterocycles. The van der Waals surface area contributed by atoms with Crippen LogP contribution in [-0.2, 0) is 9.53 Å². The highest BCUT2D eigenvalue weighted by Gasteiger charge is 2.40. The molecule has 0 radical (unpaired) electrons. The summed E-state index contributed by atoms with van der Waals surface area (Å²) in [4.78, 5) is 12.0. The Bertz CT molecular complexity index is 318. The average molecular weight is 223 g/mol. The van der Waals surface area contributed by atoms with E-state index in [-0.39, 0.29) is 24.5 Å². The second kappa shape index (κ2) is 4.40. The third kappa shape index (κ3) is 2.04. The molecule has 1 saturated heterocycles. The van der Waals surface area contributed by atoms with Crippen LogP contribution in [0.1, 0.15) is 25.7 Å². The lowest BCUT2D eigenvalue weighted by Crippen LogP contribution is -2.57. The molecule has 1 heterocycles. The zero-order chi connectivity index (χ0) is 11.6. The van der Waals surface area contributed by atoms with E-state index in [2.05, 4.69) is 11.4 Å². The molecule has 5 heteroatoms. The van der Waals surface area contributed by atoms with Gasteiger partial charge in [-0.15, -0.1) is 0 Å². The molecule has 2 aliphatic rings. The third-order valence-corrected chi connectivity index (χ3v) is 3.50. The van der Waals surface area contributed by atoms with Crippen LogP contribution in [-0.4, -0.2) is 30.7 Å². The van der Waals surface area contributed by atoms with E-state index in [9.17, 15) is 4.79 Å². The van der Waals surface area contributed by atoms with E-state index < -0.39 is 5.54 Å². The van der Waals surface area contributed by atoms with Gasteiger partial charge in [-0.1, -0.05) is 0 Å². The van der Waals surface area contributed by atoms with Crippen LogP contribution < -0.4 is 11.1 Å². The van der Waals surface area contributed by atoms with Gasteiger partial charge in [0.25, 0.3) is 0 Å². The second-order valence-electron chi connectivity index (χ2n) is 4.71. The minimum absolute atomic E-state index is 0.0291. The Morgan fingerprint density at radius 3 is 3.00 bits per heavy atom. The van der Waals surface area contributed by atoms with E-state index in [1.807, 2.05) is 0 Å². The normalized spacial score (nSPS) is 38.2. The summed E-state index contributed by atoms with van der Waals surface area (Å²) in [6, 6.07) is 2.21. The number of carbonyl (C=O) groups is 1. The Morgan fingerprint density at radius 1 is 1.56 bits per heavy atom. The third-order valence-electron chi connectivity index (χ3n) is 3.50. The molecule has 0 aromatic rings. The van der Waals surface area contributed by atoms with Gasteiger partial charge in [-0.05, 0) is 25.7 Å². The molecule has 2 fully saturated rings. The number of nitrogens with zero attached hydrogens (tertiary/aromatic N) is 1. The van der Waals surface area contributed by atoms with Crippen molar-refractivity contribution < 1.29 is 9.53 Å². The van der Waals surface area contributed by atoms with E-state index in [1.165, 1.54) is 0 Å². The van der Waals surface area contributed by atoms with Gasteiger partial charge in [0.05, 0.1) is 18.6 Å². The van der Waals surface area contributed by atoms with Crippen molar-refractivity contribution in [3.05, 3.63) is 0 Å². The first-order chi connectivity index (χ1) is 7.65. The van der Waals surface area contributed by atoms with Gasteiger partial charge in [-0.3, -0.25) is 4.79 Å². The fourth-order valence-corrected chi connectivity index (χ4v) is 2.36. The second-order valence-corrected chi connectivity index (χ2v) is 4.71. The molecule has 1 saturated carbocycles. The van der Waals surface area contributed by atoms with Gasteiger partial charge in [-0.25, -0.2) is 0 Å². The summed E-state index contributed by atoms with van der Waals surface area (Å²) in [5, 5.41) is 11.8. The number of carbonyl (C=O) groups excluding carboxylic acids is 1. The summed E-state index contributed by atoms with van der Waals surface area (Å²) in [7, 11) is 0. The van der Waals surface area contributed by atoms with Crippen LogP contribution in [0.25, 0.3) is 0 Å². The number of ether oxygens (including phenoxy) is 1. The number of nitriles is 1. The lowest BCUT2D eigenvalue weighted by molar-refractivity contribution is -0.127. The molecule has 3 unspecified atom stereocenters. The van der Waals surface area contributed by atoms with E-state index in [0.29, 0.717) is 13.0 Å². The average Bonchev–Trinajstić information content (AvgIpc) is 2.87. The van der Waals surface area contributed by atoms with Gasteiger partial charge in [0.15, 0.2) is 0 Å². The van der Waals surface area contributed by atoms with Crippen LogP contribution in [0.3, 0.4) is 0 Å². The molecule has 88 valence electrons. The van der Waals surface area contributed by atoms with Crippen molar-refractivity contribution in [2.45, 2.75) is 37.3 Å². The van der Waals surface area contributed by atoms with Crippen molar-refractivity contribution in [1.29, 1.82) is 5.26 Å². The lowest BCUT2D eigenvalue weighted by atomic mass is 9.97. The Balaban J connectivity index is 1.94. The molecule has 1 amide bonds. The monoisotopic (exact) mass is 223 g/mol. The first kappa shape index (κ1) is 11.4. The van der Waals surface area contributed by atoms with Gasteiger partial charge in [0, 0.05) is 12.6 Å². The standard InChI is InChI=1S/C11H17N3O2/c12-6-8-2-1-3-9(8)14-10(15)11(13)4-5-16-7-11/h8-9H,1-5,7,13H2,(H,14,15). The minimum Gasteiger partial charge on any atom is -0.379 e. The van der Waals surface area contributed by atoms with Crippen LogP contribution in [0.5, 0.6) is 0 Å². The molecule has 2 rings (SSSR count). The number of nitrogens with one attached hydrogen (secondary N) is 1. The Kier molecular flexibility index (Phi) is 3.13. The number of rotatable bonds is 2.